The van der Waals surface area contributed by atoms with Crippen LogP contribution in [0.15, 0.2) is 29.3 Å². The Morgan fingerprint density at radius 1 is 1.43 bits per heavy atom. The first-order valence-electron chi connectivity index (χ1n) is 8.76. The third kappa shape index (κ3) is 4.44. The van der Waals surface area contributed by atoms with Crippen LogP contribution < -0.4 is 15.8 Å². The summed E-state index contributed by atoms with van der Waals surface area (Å²) in [6, 6.07) is 5.56. The summed E-state index contributed by atoms with van der Waals surface area (Å²) < 4.78 is 18.8. The van der Waals surface area contributed by atoms with E-state index in [9.17, 15) is 4.79 Å². The molecule has 0 spiro atoms. The molecule has 0 radical (unpaired) electrons. The maximum absolute atomic E-state index is 11.8. The Morgan fingerprint density at radius 3 is 3.07 bits per heavy atom. The number of nitrogens with one attached hydrogen (secondary N) is 1. The molecule has 0 bridgehead atoms. The lowest BCUT2D eigenvalue weighted by atomic mass is 10.2. The summed E-state index contributed by atoms with van der Waals surface area (Å²) in [4.78, 5) is 22.3. The van der Waals surface area contributed by atoms with Gasteiger partial charge in [0.25, 0.3) is 13.9 Å². The fourth-order valence-electron chi connectivity index (χ4n) is 2.54. The van der Waals surface area contributed by atoms with E-state index in [0.29, 0.717) is 42.5 Å². The summed E-state index contributed by atoms with van der Waals surface area (Å²) in [5.74, 6) is 0.711. The zero-order valence-electron chi connectivity index (χ0n) is 15.5. The summed E-state index contributed by atoms with van der Waals surface area (Å²) in [5, 5.41) is 0.567. The number of nitrogens with zero attached hydrogens (tertiary/aromatic N) is 3. The fraction of sp³-hybridized carbons (Fsp3) is 0.353. The second-order valence-electron chi connectivity index (χ2n) is 5.52. The summed E-state index contributed by atoms with van der Waals surface area (Å²) in [5.41, 5.74) is 6.80. The van der Waals surface area contributed by atoms with E-state index in [4.69, 9.17) is 31.1 Å². The van der Waals surface area contributed by atoms with Gasteiger partial charge in [-0.05, 0) is 6.07 Å². The van der Waals surface area contributed by atoms with Gasteiger partial charge in [0.05, 0.1) is 24.6 Å². The Labute approximate surface area is 167 Å². The number of halogens is 1. The molecule has 1 atom stereocenters. The van der Waals surface area contributed by atoms with E-state index in [1.54, 1.807) is 10.6 Å². The summed E-state index contributed by atoms with van der Waals surface area (Å²) in [6.45, 7) is 5.29. The number of nitrogen functional groups attached to an aromatic ring is 1. The number of hydrogen-bond acceptors (Lipinski definition) is 7. The molecule has 0 aliphatic carbocycles. The highest BCUT2D eigenvalue weighted by Gasteiger charge is 2.23. The van der Waals surface area contributed by atoms with E-state index >= 15 is 0 Å². The lowest BCUT2D eigenvalue weighted by Crippen LogP contribution is -2.13. The normalized spacial score (nSPS) is 15.5. The maximum atomic E-state index is 11.8. The number of aromatic nitrogens is 4. The Balaban J connectivity index is 0.00000109. The molecule has 0 saturated heterocycles. The Kier molecular flexibility index (Phi) is 6.85. The van der Waals surface area contributed by atoms with E-state index in [1.807, 2.05) is 26.0 Å². The highest BCUT2D eigenvalue weighted by molar-refractivity contribution is 7.47. The lowest BCUT2D eigenvalue weighted by Gasteiger charge is -2.25. The number of nitrogens with two attached hydrogens (primary N) is 1. The van der Waals surface area contributed by atoms with Crippen LogP contribution in [-0.4, -0.2) is 32.5 Å². The molecule has 3 aromatic rings. The van der Waals surface area contributed by atoms with Crippen LogP contribution in [0.1, 0.15) is 19.4 Å². The largest absolute Gasteiger partial charge is 0.444 e. The SMILES string of the molecule is CC.Nc1nc2c(ncn2CCOCP2OCc3cccc(Cl)c3O2)c(=O)[nH]1. The number of aromatic amines is 1. The lowest BCUT2D eigenvalue weighted by molar-refractivity contribution is 0.148. The van der Waals surface area contributed by atoms with Gasteiger partial charge in [0.1, 0.15) is 6.35 Å². The van der Waals surface area contributed by atoms with Crippen molar-refractivity contribution in [3.8, 4) is 5.75 Å². The van der Waals surface area contributed by atoms with Gasteiger partial charge in [-0.2, -0.15) is 4.98 Å². The molecular weight excluding hydrogens is 405 g/mol. The number of rotatable bonds is 5. The Bertz CT molecular complexity index is 1010. The quantitative estimate of drug-likeness (QED) is 0.475. The van der Waals surface area contributed by atoms with Crippen LogP contribution in [0.25, 0.3) is 11.2 Å². The first kappa shape index (κ1) is 20.5. The molecule has 0 fully saturated rings. The van der Waals surface area contributed by atoms with Crippen LogP contribution in [0.4, 0.5) is 5.95 Å². The Hall–Kier alpha value is -2.19. The molecule has 0 saturated carbocycles. The minimum atomic E-state index is -1.21. The molecule has 4 rings (SSSR count). The molecule has 3 heterocycles. The molecule has 150 valence electrons. The topological polar surface area (TPSA) is 117 Å². The van der Waals surface area contributed by atoms with Crippen LogP contribution in [-0.2, 0) is 22.4 Å². The molecule has 1 aliphatic heterocycles. The molecule has 0 amide bonds. The minimum Gasteiger partial charge on any atom is -0.444 e. The molecule has 1 unspecified atom stereocenters. The van der Waals surface area contributed by atoms with Crippen molar-refractivity contribution in [2.75, 3.05) is 18.7 Å². The molecule has 3 N–H and O–H groups in total. The summed E-state index contributed by atoms with van der Waals surface area (Å²) >= 11 is 6.15. The second-order valence-corrected chi connectivity index (χ2v) is 7.30. The minimum absolute atomic E-state index is 0.0492. The third-order valence-corrected chi connectivity index (χ3v) is 5.27. The predicted molar refractivity (Wildman–Crippen MR) is 109 cm³/mol. The van der Waals surface area contributed by atoms with Crippen LogP contribution >= 0.6 is 20.0 Å². The summed E-state index contributed by atoms with van der Waals surface area (Å²) in [6.07, 6.45) is 1.84. The number of para-hydroxylation sites is 1. The highest BCUT2D eigenvalue weighted by atomic mass is 35.5. The third-order valence-electron chi connectivity index (χ3n) is 3.77. The average Bonchev–Trinajstić information content (AvgIpc) is 3.10. The smallest absolute Gasteiger partial charge is 0.280 e. The molecule has 9 nitrogen and oxygen atoms in total. The first-order chi connectivity index (χ1) is 13.6. The number of H-pyrrole nitrogens is 1. The number of benzene rings is 1. The molecule has 1 aliphatic rings. The number of imidazole rings is 1. The number of anilines is 1. The van der Waals surface area contributed by atoms with Crippen LogP contribution in [0.3, 0.4) is 0 Å². The molecular formula is C17H21ClN5O4P. The number of ether oxygens (including phenoxy) is 1. The van der Waals surface area contributed by atoms with E-state index in [1.165, 1.54) is 6.33 Å². The molecule has 1 aromatic carbocycles. The first-order valence-corrected chi connectivity index (χ1v) is 10.5. The highest BCUT2D eigenvalue weighted by Crippen LogP contribution is 2.48. The van der Waals surface area contributed by atoms with Gasteiger partial charge in [0, 0.05) is 12.1 Å². The second kappa shape index (κ2) is 9.34. The van der Waals surface area contributed by atoms with Gasteiger partial charge in [-0.3, -0.25) is 9.78 Å². The Morgan fingerprint density at radius 2 is 2.25 bits per heavy atom. The van der Waals surface area contributed by atoms with Crippen molar-refractivity contribution < 1.29 is 13.8 Å². The van der Waals surface area contributed by atoms with E-state index in [2.05, 4.69) is 15.0 Å². The van der Waals surface area contributed by atoms with Crippen molar-refractivity contribution in [1.82, 2.24) is 19.5 Å². The van der Waals surface area contributed by atoms with Gasteiger partial charge in [-0.1, -0.05) is 37.6 Å². The van der Waals surface area contributed by atoms with Crippen molar-refractivity contribution in [1.29, 1.82) is 0 Å². The van der Waals surface area contributed by atoms with Gasteiger partial charge in [-0.15, -0.1) is 0 Å². The average molecular weight is 426 g/mol. The predicted octanol–water partition coefficient (Wildman–Crippen LogP) is 3.28. The van der Waals surface area contributed by atoms with Crippen molar-refractivity contribution in [3.63, 3.8) is 0 Å². The van der Waals surface area contributed by atoms with E-state index < -0.39 is 8.38 Å². The van der Waals surface area contributed by atoms with Gasteiger partial charge < -0.3 is 24.1 Å². The van der Waals surface area contributed by atoms with Gasteiger partial charge in [0.15, 0.2) is 16.9 Å². The van der Waals surface area contributed by atoms with Crippen LogP contribution in [0.2, 0.25) is 5.02 Å². The number of hydrogen-bond donors (Lipinski definition) is 2. The van der Waals surface area contributed by atoms with Gasteiger partial charge in [-0.25, -0.2) is 4.98 Å². The standard InChI is InChI=1S/C15H15ClN5O4P.C2H6/c16-10-3-1-2-9-6-24-26(25-12(9)10)8-23-5-4-21-7-18-11-13(21)19-15(17)20-14(11)22;1-2/h1-3,7H,4-6,8H2,(H3,17,19,20,22);1-2H3. The van der Waals surface area contributed by atoms with E-state index in [-0.39, 0.29) is 17.0 Å². The zero-order valence-corrected chi connectivity index (χ0v) is 17.2. The molecule has 28 heavy (non-hydrogen) atoms. The number of fused-ring (bicyclic) bond motifs is 2. The van der Waals surface area contributed by atoms with Crippen LogP contribution in [0, 0.1) is 0 Å². The zero-order chi connectivity index (χ0) is 20.1. The maximum Gasteiger partial charge on any atom is 0.280 e. The van der Waals surface area contributed by atoms with Gasteiger partial charge in [0.2, 0.25) is 5.95 Å². The van der Waals surface area contributed by atoms with Crippen molar-refractivity contribution in [2.45, 2.75) is 27.0 Å². The fourth-order valence-corrected chi connectivity index (χ4v) is 3.99. The van der Waals surface area contributed by atoms with Gasteiger partial charge >= 0.3 is 0 Å². The monoisotopic (exact) mass is 425 g/mol. The van der Waals surface area contributed by atoms with E-state index in [0.717, 1.165) is 5.56 Å². The van der Waals surface area contributed by atoms with Crippen molar-refractivity contribution in [3.05, 3.63) is 45.5 Å². The summed E-state index contributed by atoms with van der Waals surface area (Å²) in [7, 11) is -1.21. The van der Waals surface area contributed by atoms with Crippen molar-refractivity contribution in [2.24, 2.45) is 0 Å². The van der Waals surface area contributed by atoms with Crippen molar-refractivity contribution >= 4 is 37.1 Å². The van der Waals surface area contributed by atoms with Crippen LogP contribution in [0.5, 0.6) is 5.75 Å². The molecule has 2 aromatic heterocycles. The molecule has 11 heteroatoms.